The summed E-state index contributed by atoms with van der Waals surface area (Å²) in [7, 11) is 0. The molecule has 0 saturated heterocycles. The molecule has 170 valence electrons. The van der Waals surface area contributed by atoms with Gasteiger partial charge in [0.25, 0.3) is 5.91 Å². The molecule has 1 amide bonds. The predicted molar refractivity (Wildman–Crippen MR) is 121 cm³/mol. The number of carbonyl (C=O) groups excluding carboxylic acids is 1. The number of halogens is 1. The molecule has 3 N–H and O–H groups in total. The number of pyridine rings is 1. The minimum Gasteiger partial charge on any atom is -0.478 e. The summed E-state index contributed by atoms with van der Waals surface area (Å²) in [5.74, 6) is -2.22. The van der Waals surface area contributed by atoms with Crippen molar-refractivity contribution in [2.24, 2.45) is 0 Å². The molecule has 0 aliphatic heterocycles. The van der Waals surface area contributed by atoms with Crippen LogP contribution in [-0.2, 0) is 4.79 Å². The van der Waals surface area contributed by atoms with Crippen LogP contribution in [0.5, 0.6) is 0 Å². The largest absolute Gasteiger partial charge is 0.478 e. The molecule has 2 aliphatic carbocycles. The quantitative estimate of drug-likeness (QED) is 0.565. The van der Waals surface area contributed by atoms with Crippen LogP contribution < -0.4 is 16.1 Å². The highest BCUT2D eigenvalue weighted by Crippen LogP contribution is 2.35. The van der Waals surface area contributed by atoms with Crippen molar-refractivity contribution >= 4 is 28.5 Å². The number of hydrogen-bond acceptors (Lipinski definition) is 4. The fourth-order valence-corrected chi connectivity index (χ4v) is 4.48. The average molecular weight is 442 g/mol. The number of amides is 1. The van der Waals surface area contributed by atoms with Crippen molar-refractivity contribution in [2.75, 3.05) is 11.9 Å². The number of carboxylic acids is 1. The van der Waals surface area contributed by atoms with Crippen LogP contribution in [-0.4, -0.2) is 34.1 Å². The third kappa shape index (κ3) is 4.69. The molecular weight excluding hydrogens is 413 g/mol. The van der Waals surface area contributed by atoms with Crippen LogP contribution in [0.4, 0.5) is 10.1 Å². The Hall–Kier alpha value is -3.16. The number of rotatable bonds is 7. The highest BCUT2D eigenvalue weighted by Gasteiger charge is 2.25. The maximum atomic E-state index is 15.0. The zero-order chi connectivity index (χ0) is 22.7. The van der Waals surface area contributed by atoms with Gasteiger partial charge in [-0.3, -0.25) is 9.59 Å². The Morgan fingerprint density at radius 3 is 2.53 bits per heavy atom. The third-order valence-corrected chi connectivity index (χ3v) is 6.44. The number of aliphatic carboxylic acids is 1. The van der Waals surface area contributed by atoms with E-state index in [9.17, 15) is 18.8 Å². The van der Waals surface area contributed by atoms with Crippen LogP contribution in [0, 0.1) is 5.82 Å². The minimum atomic E-state index is -1.12. The molecule has 0 bridgehead atoms. The summed E-state index contributed by atoms with van der Waals surface area (Å²) in [6.07, 6.45) is 12.2. The molecule has 2 saturated carbocycles. The molecule has 8 heteroatoms. The second-order valence-electron chi connectivity index (χ2n) is 8.64. The monoisotopic (exact) mass is 441 g/mol. The molecule has 0 radical (unpaired) electrons. The molecule has 32 heavy (non-hydrogen) atoms. The molecule has 0 spiro atoms. The van der Waals surface area contributed by atoms with Crippen molar-refractivity contribution < 1.29 is 19.1 Å². The van der Waals surface area contributed by atoms with E-state index in [2.05, 4.69) is 10.6 Å². The summed E-state index contributed by atoms with van der Waals surface area (Å²) in [4.78, 5) is 36.3. The van der Waals surface area contributed by atoms with E-state index in [1.54, 1.807) is 12.3 Å². The highest BCUT2D eigenvalue weighted by atomic mass is 19.1. The lowest BCUT2D eigenvalue weighted by molar-refractivity contribution is -0.131. The number of nitrogens with one attached hydrogen (secondary N) is 2. The topological polar surface area (TPSA) is 100 Å². The predicted octanol–water partition coefficient (Wildman–Crippen LogP) is 3.98. The first-order valence-corrected chi connectivity index (χ1v) is 11.3. The molecule has 7 nitrogen and oxygen atoms in total. The Kier molecular flexibility index (Phi) is 6.58. The van der Waals surface area contributed by atoms with Gasteiger partial charge in [-0.2, -0.15) is 0 Å². The van der Waals surface area contributed by atoms with E-state index in [1.165, 1.54) is 18.6 Å². The number of nitrogens with zero attached hydrogens (tertiary/aromatic N) is 1. The number of benzene rings is 1. The fourth-order valence-electron chi connectivity index (χ4n) is 4.48. The standard InChI is InChI=1S/C24H28FN3O4/c25-19-12-17-21(13-20(19)27-15-6-2-1-3-7-15)28(16-8-4-9-16)14-18(23(17)31)24(32)26-11-5-10-22(29)30/h5,10,12-16,27H,1-4,6-9,11H2,(H,26,32)(H,29,30)/b10-5+. The second-order valence-corrected chi connectivity index (χ2v) is 8.64. The molecule has 1 heterocycles. The van der Waals surface area contributed by atoms with Crippen molar-refractivity contribution in [3.63, 3.8) is 0 Å². The van der Waals surface area contributed by atoms with Gasteiger partial charge < -0.3 is 20.3 Å². The first-order chi connectivity index (χ1) is 15.4. The van der Waals surface area contributed by atoms with E-state index < -0.39 is 23.1 Å². The van der Waals surface area contributed by atoms with Crippen LogP contribution in [0.3, 0.4) is 0 Å². The third-order valence-electron chi connectivity index (χ3n) is 6.44. The molecule has 2 aromatic rings. The number of hydrogen-bond donors (Lipinski definition) is 3. The zero-order valence-electron chi connectivity index (χ0n) is 17.9. The molecule has 0 unspecified atom stereocenters. The zero-order valence-corrected chi connectivity index (χ0v) is 17.9. The normalized spacial score (nSPS) is 17.4. The van der Waals surface area contributed by atoms with Crippen molar-refractivity contribution in [2.45, 2.75) is 63.5 Å². The second kappa shape index (κ2) is 9.54. The maximum absolute atomic E-state index is 15.0. The Labute approximate surface area is 185 Å². The number of carboxylic acid groups (broad SMARTS) is 1. The number of anilines is 1. The first kappa shape index (κ1) is 22.0. The van der Waals surface area contributed by atoms with Gasteiger partial charge in [0.2, 0.25) is 5.43 Å². The van der Waals surface area contributed by atoms with Gasteiger partial charge >= 0.3 is 5.97 Å². The minimum absolute atomic E-state index is 0.0232. The van der Waals surface area contributed by atoms with Crippen LogP contribution in [0.1, 0.15) is 67.8 Å². The molecule has 1 aromatic heterocycles. The van der Waals surface area contributed by atoms with Gasteiger partial charge in [-0.1, -0.05) is 25.3 Å². The van der Waals surface area contributed by atoms with Gasteiger partial charge in [0.15, 0.2) is 0 Å². The van der Waals surface area contributed by atoms with Crippen molar-refractivity contribution in [1.29, 1.82) is 0 Å². The van der Waals surface area contributed by atoms with Crippen LogP contribution >= 0.6 is 0 Å². The van der Waals surface area contributed by atoms with Gasteiger partial charge in [0.05, 0.1) is 11.2 Å². The van der Waals surface area contributed by atoms with Crippen molar-refractivity contribution in [3.05, 3.63) is 52.1 Å². The smallest absolute Gasteiger partial charge is 0.328 e. The Morgan fingerprint density at radius 1 is 1.12 bits per heavy atom. The Balaban J connectivity index is 1.70. The highest BCUT2D eigenvalue weighted by molar-refractivity contribution is 5.98. The van der Waals surface area contributed by atoms with E-state index in [4.69, 9.17) is 5.11 Å². The molecule has 4 rings (SSSR count). The maximum Gasteiger partial charge on any atom is 0.328 e. The lowest BCUT2D eigenvalue weighted by Crippen LogP contribution is -2.31. The Bertz CT molecular complexity index is 1110. The molecular formula is C24H28FN3O4. The van der Waals surface area contributed by atoms with E-state index >= 15 is 0 Å². The van der Waals surface area contributed by atoms with Crippen LogP contribution in [0.2, 0.25) is 0 Å². The lowest BCUT2D eigenvalue weighted by atomic mass is 9.91. The molecule has 2 fully saturated rings. The van der Waals surface area contributed by atoms with E-state index in [1.807, 2.05) is 4.57 Å². The summed E-state index contributed by atoms with van der Waals surface area (Å²) < 4.78 is 16.9. The molecule has 1 aromatic carbocycles. The first-order valence-electron chi connectivity index (χ1n) is 11.3. The fraction of sp³-hybridized carbons (Fsp3) is 0.458. The van der Waals surface area contributed by atoms with E-state index in [0.29, 0.717) is 11.2 Å². The number of fused-ring (bicyclic) bond motifs is 1. The average Bonchev–Trinajstić information content (AvgIpc) is 2.73. The van der Waals surface area contributed by atoms with E-state index in [0.717, 1.165) is 51.0 Å². The summed E-state index contributed by atoms with van der Waals surface area (Å²) in [6.45, 7) is -0.0232. The van der Waals surface area contributed by atoms with Gasteiger partial charge in [-0.15, -0.1) is 0 Å². The summed E-state index contributed by atoms with van der Waals surface area (Å²) in [5.41, 5.74) is 0.425. The molecule has 0 atom stereocenters. The van der Waals surface area contributed by atoms with Crippen LogP contribution in [0.25, 0.3) is 10.9 Å². The van der Waals surface area contributed by atoms with Crippen molar-refractivity contribution in [1.82, 2.24) is 9.88 Å². The SMILES string of the molecule is O=C(O)/C=C/CNC(=O)c1cn(C2CCC2)c2cc(NC3CCCCC3)c(F)cc2c1=O. The lowest BCUT2D eigenvalue weighted by Gasteiger charge is -2.31. The Morgan fingerprint density at radius 2 is 1.88 bits per heavy atom. The number of carbonyl (C=O) groups is 2. The summed E-state index contributed by atoms with van der Waals surface area (Å²) >= 11 is 0. The van der Waals surface area contributed by atoms with Gasteiger partial charge in [0, 0.05) is 36.3 Å². The van der Waals surface area contributed by atoms with Gasteiger partial charge in [0.1, 0.15) is 11.4 Å². The van der Waals surface area contributed by atoms with E-state index in [-0.39, 0.29) is 29.6 Å². The summed E-state index contributed by atoms with van der Waals surface area (Å²) in [6, 6.07) is 3.32. The van der Waals surface area contributed by atoms with Gasteiger partial charge in [-0.05, 0) is 44.2 Å². The molecule has 2 aliphatic rings. The van der Waals surface area contributed by atoms with Crippen molar-refractivity contribution in [3.8, 4) is 0 Å². The van der Waals surface area contributed by atoms with Gasteiger partial charge in [-0.25, -0.2) is 9.18 Å². The summed E-state index contributed by atoms with van der Waals surface area (Å²) in [5, 5.41) is 14.7. The number of aromatic nitrogens is 1. The van der Waals surface area contributed by atoms with Crippen LogP contribution in [0.15, 0.2) is 35.3 Å².